The number of carbonyl (C=O) groups excluding carboxylic acids is 2. The summed E-state index contributed by atoms with van der Waals surface area (Å²) in [5.41, 5.74) is 0.655. The minimum atomic E-state index is -0.222. The lowest BCUT2D eigenvalue weighted by Gasteiger charge is -2.23. The van der Waals surface area contributed by atoms with Crippen molar-refractivity contribution in [3.8, 4) is 5.75 Å². The maximum absolute atomic E-state index is 12.3. The van der Waals surface area contributed by atoms with E-state index in [0.29, 0.717) is 17.5 Å². The van der Waals surface area contributed by atoms with Gasteiger partial charge in [0.15, 0.2) is 0 Å². The summed E-state index contributed by atoms with van der Waals surface area (Å²) in [6, 6.07) is 7.57. The SMILES string of the molecule is COc1cccc(NC(=O)CN(C)C(=O)CNC2CCCCCCC2)c1. The first kappa shape index (κ1) is 20.2. The number of benzene rings is 1. The summed E-state index contributed by atoms with van der Waals surface area (Å²) in [7, 11) is 3.24. The molecule has 0 heterocycles. The lowest BCUT2D eigenvalue weighted by molar-refractivity contribution is -0.132. The molecule has 0 aromatic heterocycles. The lowest BCUT2D eigenvalue weighted by Crippen LogP contribution is -2.42. The minimum absolute atomic E-state index is 0.0301. The zero-order chi connectivity index (χ0) is 18.8. The molecular weight excluding hydrogens is 330 g/mol. The minimum Gasteiger partial charge on any atom is -0.497 e. The second-order valence-corrected chi connectivity index (χ2v) is 6.95. The number of likely N-dealkylation sites (N-methyl/N-ethyl adjacent to an activating group) is 1. The summed E-state index contributed by atoms with van der Waals surface area (Å²) >= 11 is 0. The molecule has 0 atom stereocenters. The third-order valence-electron chi connectivity index (χ3n) is 4.81. The van der Waals surface area contributed by atoms with E-state index in [0.717, 1.165) is 12.8 Å². The number of hydrogen-bond donors (Lipinski definition) is 2. The Labute approximate surface area is 156 Å². The zero-order valence-corrected chi connectivity index (χ0v) is 15.9. The van der Waals surface area contributed by atoms with Crippen LogP contribution in [-0.2, 0) is 9.59 Å². The maximum atomic E-state index is 12.3. The molecule has 0 spiro atoms. The van der Waals surface area contributed by atoms with E-state index in [1.165, 1.54) is 37.0 Å². The Kier molecular flexibility index (Phi) is 8.41. The van der Waals surface area contributed by atoms with E-state index in [2.05, 4.69) is 10.6 Å². The fraction of sp³-hybridized carbons (Fsp3) is 0.600. The van der Waals surface area contributed by atoms with Crippen LogP contribution in [0.15, 0.2) is 24.3 Å². The van der Waals surface area contributed by atoms with Crippen molar-refractivity contribution in [3.05, 3.63) is 24.3 Å². The molecule has 0 bridgehead atoms. The number of rotatable bonds is 7. The quantitative estimate of drug-likeness (QED) is 0.783. The molecular formula is C20H31N3O3. The van der Waals surface area contributed by atoms with Gasteiger partial charge < -0.3 is 20.3 Å². The van der Waals surface area contributed by atoms with Crippen LogP contribution in [0.5, 0.6) is 5.75 Å². The fourth-order valence-electron chi connectivity index (χ4n) is 3.23. The van der Waals surface area contributed by atoms with Gasteiger partial charge in [-0.1, -0.05) is 38.2 Å². The van der Waals surface area contributed by atoms with E-state index in [-0.39, 0.29) is 24.9 Å². The van der Waals surface area contributed by atoms with Gasteiger partial charge in [-0.3, -0.25) is 9.59 Å². The number of nitrogens with zero attached hydrogens (tertiary/aromatic N) is 1. The van der Waals surface area contributed by atoms with Crippen LogP contribution >= 0.6 is 0 Å². The van der Waals surface area contributed by atoms with Gasteiger partial charge in [-0.2, -0.15) is 0 Å². The van der Waals surface area contributed by atoms with Crippen LogP contribution in [0.4, 0.5) is 5.69 Å². The molecule has 1 aromatic rings. The highest BCUT2D eigenvalue weighted by molar-refractivity contribution is 5.94. The second kappa shape index (κ2) is 10.8. The van der Waals surface area contributed by atoms with Gasteiger partial charge in [0.1, 0.15) is 5.75 Å². The Morgan fingerprint density at radius 3 is 2.54 bits per heavy atom. The smallest absolute Gasteiger partial charge is 0.243 e. The molecule has 0 saturated heterocycles. The number of ether oxygens (including phenoxy) is 1. The van der Waals surface area contributed by atoms with Gasteiger partial charge >= 0.3 is 0 Å². The molecule has 1 aliphatic rings. The first-order chi connectivity index (χ1) is 12.6. The second-order valence-electron chi connectivity index (χ2n) is 6.95. The van der Waals surface area contributed by atoms with Gasteiger partial charge in [0, 0.05) is 24.8 Å². The normalized spacial score (nSPS) is 15.6. The molecule has 2 amide bonds. The Morgan fingerprint density at radius 2 is 1.85 bits per heavy atom. The molecule has 144 valence electrons. The summed E-state index contributed by atoms with van der Waals surface area (Å²) < 4.78 is 5.14. The van der Waals surface area contributed by atoms with Crippen molar-refractivity contribution < 1.29 is 14.3 Å². The number of methoxy groups -OCH3 is 1. The first-order valence-corrected chi connectivity index (χ1v) is 9.49. The average molecular weight is 361 g/mol. The molecule has 1 fully saturated rings. The zero-order valence-electron chi connectivity index (χ0n) is 15.9. The van der Waals surface area contributed by atoms with Gasteiger partial charge in [0.05, 0.1) is 20.2 Å². The standard InChI is InChI=1S/C20H31N3O3/c1-23(15-19(24)22-17-11-8-12-18(13-17)26-2)20(25)14-21-16-9-6-4-3-5-7-10-16/h8,11-13,16,21H,3-7,9-10,14-15H2,1-2H3,(H,22,24). The molecule has 0 radical (unpaired) electrons. The highest BCUT2D eigenvalue weighted by atomic mass is 16.5. The number of carbonyl (C=O) groups is 2. The van der Waals surface area contributed by atoms with Crippen molar-refractivity contribution in [3.63, 3.8) is 0 Å². The van der Waals surface area contributed by atoms with E-state index < -0.39 is 0 Å². The topological polar surface area (TPSA) is 70.7 Å². The highest BCUT2D eigenvalue weighted by Gasteiger charge is 2.16. The first-order valence-electron chi connectivity index (χ1n) is 9.49. The van der Waals surface area contributed by atoms with Crippen LogP contribution in [0.1, 0.15) is 44.9 Å². The molecule has 2 rings (SSSR count). The summed E-state index contributed by atoms with van der Waals surface area (Å²) in [5, 5.41) is 6.16. The lowest BCUT2D eigenvalue weighted by atomic mass is 9.97. The third-order valence-corrected chi connectivity index (χ3v) is 4.81. The highest BCUT2D eigenvalue weighted by Crippen LogP contribution is 2.17. The summed E-state index contributed by atoms with van der Waals surface area (Å²) in [4.78, 5) is 25.9. The van der Waals surface area contributed by atoms with Gasteiger partial charge in [0.2, 0.25) is 11.8 Å². The van der Waals surface area contributed by atoms with Crippen LogP contribution in [-0.4, -0.2) is 50.0 Å². The molecule has 1 saturated carbocycles. The van der Waals surface area contributed by atoms with Crippen LogP contribution in [0.2, 0.25) is 0 Å². The van der Waals surface area contributed by atoms with Crippen LogP contribution in [0.3, 0.4) is 0 Å². The van der Waals surface area contributed by atoms with E-state index in [1.807, 2.05) is 12.1 Å². The van der Waals surface area contributed by atoms with Gasteiger partial charge in [-0.15, -0.1) is 0 Å². The van der Waals surface area contributed by atoms with Crippen molar-refractivity contribution >= 4 is 17.5 Å². The monoisotopic (exact) mass is 361 g/mol. The number of nitrogens with one attached hydrogen (secondary N) is 2. The van der Waals surface area contributed by atoms with E-state index in [9.17, 15) is 9.59 Å². The Balaban J connectivity index is 1.73. The summed E-state index contributed by atoms with van der Waals surface area (Å²) in [6.45, 7) is 0.315. The average Bonchev–Trinajstić information content (AvgIpc) is 2.60. The van der Waals surface area contributed by atoms with Crippen LogP contribution in [0.25, 0.3) is 0 Å². The fourth-order valence-corrected chi connectivity index (χ4v) is 3.23. The number of anilines is 1. The van der Waals surface area contributed by atoms with E-state index in [4.69, 9.17) is 4.74 Å². The Hall–Kier alpha value is -2.08. The molecule has 6 heteroatoms. The molecule has 0 aliphatic heterocycles. The third kappa shape index (κ3) is 7.04. The van der Waals surface area contributed by atoms with Gasteiger partial charge in [0.25, 0.3) is 0 Å². The Bertz CT molecular complexity index is 583. The van der Waals surface area contributed by atoms with E-state index in [1.54, 1.807) is 26.3 Å². The van der Waals surface area contributed by atoms with Gasteiger partial charge in [-0.05, 0) is 25.0 Å². The van der Waals surface area contributed by atoms with Gasteiger partial charge in [-0.25, -0.2) is 0 Å². The molecule has 6 nitrogen and oxygen atoms in total. The summed E-state index contributed by atoms with van der Waals surface area (Å²) in [6.07, 6.45) is 8.62. The molecule has 0 unspecified atom stereocenters. The largest absolute Gasteiger partial charge is 0.497 e. The number of amides is 2. The summed E-state index contributed by atoms with van der Waals surface area (Å²) in [5.74, 6) is 0.392. The van der Waals surface area contributed by atoms with Crippen molar-refractivity contribution in [2.24, 2.45) is 0 Å². The number of hydrogen-bond acceptors (Lipinski definition) is 4. The van der Waals surface area contributed by atoms with Crippen molar-refractivity contribution in [2.45, 2.75) is 51.0 Å². The van der Waals surface area contributed by atoms with Crippen molar-refractivity contribution in [1.29, 1.82) is 0 Å². The van der Waals surface area contributed by atoms with Crippen LogP contribution < -0.4 is 15.4 Å². The predicted octanol–water partition coefficient (Wildman–Crippen LogP) is 2.79. The molecule has 2 N–H and O–H groups in total. The van der Waals surface area contributed by atoms with Crippen molar-refractivity contribution in [2.75, 3.05) is 32.6 Å². The van der Waals surface area contributed by atoms with E-state index >= 15 is 0 Å². The predicted molar refractivity (Wildman–Crippen MR) is 103 cm³/mol. The van der Waals surface area contributed by atoms with Crippen LogP contribution in [0, 0.1) is 0 Å². The molecule has 26 heavy (non-hydrogen) atoms. The Morgan fingerprint density at radius 1 is 1.15 bits per heavy atom. The molecule has 1 aliphatic carbocycles. The van der Waals surface area contributed by atoms with Crippen molar-refractivity contribution in [1.82, 2.24) is 10.2 Å². The molecule has 1 aromatic carbocycles. The maximum Gasteiger partial charge on any atom is 0.243 e.